The lowest BCUT2D eigenvalue weighted by atomic mass is 9.97. The lowest BCUT2D eigenvalue weighted by molar-refractivity contribution is -0.120. The van der Waals surface area contributed by atoms with E-state index in [-0.39, 0.29) is 5.91 Å². The third-order valence-electron chi connectivity index (χ3n) is 5.31. The molecule has 0 fully saturated rings. The number of hydrogen-bond donors (Lipinski definition) is 1. The quantitative estimate of drug-likeness (QED) is 0.611. The topological polar surface area (TPSA) is 38.3 Å². The van der Waals surface area contributed by atoms with Crippen LogP contribution in [0.1, 0.15) is 55.7 Å². The molecule has 1 aliphatic heterocycles. The molecule has 0 saturated carbocycles. The van der Waals surface area contributed by atoms with E-state index in [4.69, 9.17) is 4.74 Å². The molecule has 1 aliphatic rings. The van der Waals surface area contributed by atoms with Crippen LogP contribution in [0.5, 0.6) is 5.75 Å². The number of ether oxygens (including phenoxy) is 1. The van der Waals surface area contributed by atoms with E-state index in [2.05, 4.69) is 53.8 Å². The number of hydrogen-bond acceptors (Lipinski definition) is 2. The Morgan fingerprint density at radius 3 is 2.70 bits per heavy atom. The summed E-state index contributed by atoms with van der Waals surface area (Å²) in [4.78, 5) is 11.3. The van der Waals surface area contributed by atoms with Crippen LogP contribution >= 0.6 is 0 Å². The van der Waals surface area contributed by atoms with Crippen LogP contribution in [0.2, 0.25) is 0 Å². The van der Waals surface area contributed by atoms with Gasteiger partial charge < -0.3 is 10.1 Å². The van der Waals surface area contributed by atoms with Gasteiger partial charge in [0.05, 0.1) is 0 Å². The monoisotopic (exact) mass is 365 g/mol. The van der Waals surface area contributed by atoms with Crippen LogP contribution in [-0.4, -0.2) is 18.6 Å². The molecule has 2 aromatic rings. The molecule has 3 heteroatoms. The fraction of sp³-hybridized carbons (Fsp3) is 0.458. The first-order valence-electron chi connectivity index (χ1n) is 10.3. The first-order valence-corrected chi connectivity index (χ1v) is 10.3. The zero-order valence-electron chi connectivity index (χ0n) is 16.4. The molecule has 0 spiro atoms. The fourth-order valence-electron chi connectivity index (χ4n) is 3.77. The molecule has 1 amide bonds. The van der Waals surface area contributed by atoms with E-state index in [1.54, 1.807) is 0 Å². The number of rotatable bonds is 10. The van der Waals surface area contributed by atoms with E-state index in [1.165, 1.54) is 29.5 Å². The summed E-state index contributed by atoms with van der Waals surface area (Å²) in [7, 11) is 0. The van der Waals surface area contributed by atoms with Gasteiger partial charge in [-0.15, -0.1) is 0 Å². The smallest absolute Gasteiger partial charge is 0.219 e. The van der Waals surface area contributed by atoms with Crippen LogP contribution in [-0.2, 0) is 24.1 Å². The number of unbranched alkanes of at least 4 members (excludes halogenated alkanes) is 1. The first kappa shape index (κ1) is 19.5. The third-order valence-corrected chi connectivity index (χ3v) is 5.31. The summed E-state index contributed by atoms with van der Waals surface area (Å²) in [6.07, 6.45) is 8.55. The number of amides is 1. The highest BCUT2D eigenvalue weighted by atomic mass is 16.5. The van der Waals surface area contributed by atoms with Crippen molar-refractivity contribution in [2.24, 2.45) is 0 Å². The maximum absolute atomic E-state index is 11.3. The van der Waals surface area contributed by atoms with Crippen molar-refractivity contribution in [3.8, 4) is 5.75 Å². The van der Waals surface area contributed by atoms with Gasteiger partial charge in [-0.1, -0.05) is 49.4 Å². The number of carbonyl (C=O) groups is 1. The minimum absolute atomic E-state index is 0.132. The summed E-state index contributed by atoms with van der Waals surface area (Å²) in [6, 6.07) is 17.1. The van der Waals surface area contributed by atoms with Gasteiger partial charge in [0.1, 0.15) is 11.9 Å². The van der Waals surface area contributed by atoms with Crippen molar-refractivity contribution < 1.29 is 9.53 Å². The first-order chi connectivity index (χ1) is 13.3. The van der Waals surface area contributed by atoms with Gasteiger partial charge in [0, 0.05) is 24.9 Å². The van der Waals surface area contributed by atoms with E-state index in [1.807, 2.05) is 6.92 Å². The molecule has 0 aromatic heterocycles. The summed E-state index contributed by atoms with van der Waals surface area (Å²) in [5, 5.41) is 2.96. The minimum atomic E-state index is 0.132. The van der Waals surface area contributed by atoms with Crippen molar-refractivity contribution >= 4 is 5.91 Å². The highest BCUT2D eigenvalue weighted by Gasteiger charge is 2.24. The van der Waals surface area contributed by atoms with Gasteiger partial charge in [0.25, 0.3) is 0 Å². The van der Waals surface area contributed by atoms with Gasteiger partial charge in [-0.2, -0.15) is 0 Å². The van der Waals surface area contributed by atoms with E-state index in [0.717, 1.165) is 44.4 Å². The van der Waals surface area contributed by atoms with Gasteiger partial charge in [0.2, 0.25) is 5.91 Å². The molecule has 144 valence electrons. The Morgan fingerprint density at radius 2 is 1.89 bits per heavy atom. The molecule has 3 rings (SSSR count). The summed E-state index contributed by atoms with van der Waals surface area (Å²) >= 11 is 0. The number of benzene rings is 2. The molecule has 0 aliphatic carbocycles. The lowest BCUT2D eigenvalue weighted by Crippen LogP contribution is -2.23. The molecule has 3 nitrogen and oxygen atoms in total. The fourth-order valence-corrected chi connectivity index (χ4v) is 3.77. The highest BCUT2D eigenvalue weighted by molar-refractivity contribution is 5.75. The summed E-state index contributed by atoms with van der Waals surface area (Å²) < 4.78 is 6.19. The van der Waals surface area contributed by atoms with E-state index in [0.29, 0.717) is 12.5 Å². The molecule has 1 atom stereocenters. The third kappa shape index (κ3) is 5.85. The number of aryl methyl sites for hydroxylation is 2. The largest absolute Gasteiger partial charge is 0.490 e. The van der Waals surface area contributed by atoms with Crippen molar-refractivity contribution in [2.75, 3.05) is 6.54 Å². The van der Waals surface area contributed by atoms with Gasteiger partial charge >= 0.3 is 0 Å². The van der Waals surface area contributed by atoms with Gasteiger partial charge in [0.15, 0.2) is 0 Å². The Bertz CT molecular complexity index is 726. The second kappa shape index (κ2) is 10.1. The molecule has 2 aromatic carbocycles. The van der Waals surface area contributed by atoms with Crippen molar-refractivity contribution in [3.05, 3.63) is 65.2 Å². The maximum atomic E-state index is 11.3. The summed E-state index contributed by atoms with van der Waals surface area (Å²) in [6.45, 7) is 2.64. The van der Waals surface area contributed by atoms with Crippen LogP contribution in [0.15, 0.2) is 48.5 Å². The van der Waals surface area contributed by atoms with Crippen LogP contribution in [0.4, 0.5) is 0 Å². The zero-order valence-corrected chi connectivity index (χ0v) is 16.4. The van der Waals surface area contributed by atoms with E-state index >= 15 is 0 Å². The number of carbonyl (C=O) groups excluding carboxylic acids is 1. The SMILES string of the molecule is CCC(=O)NCCCc1cccc2c1C[C@@H](CCCCc1ccccc1)O2. The highest BCUT2D eigenvalue weighted by Crippen LogP contribution is 2.33. The summed E-state index contributed by atoms with van der Waals surface area (Å²) in [5.41, 5.74) is 4.18. The van der Waals surface area contributed by atoms with Crippen LogP contribution < -0.4 is 10.1 Å². The molecule has 27 heavy (non-hydrogen) atoms. The average Bonchev–Trinajstić information content (AvgIpc) is 3.13. The summed E-state index contributed by atoms with van der Waals surface area (Å²) in [5.74, 6) is 1.20. The Morgan fingerprint density at radius 1 is 1.04 bits per heavy atom. The Hall–Kier alpha value is -2.29. The molecular formula is C24H31NO2. The Balaban J connectivity index is 1.42. The van der Waals surface area contributed by atoms with Crippen molar-refractivity contribution in [1.82, 2.24) is 5.32 Å². The molecule has 1 N–H and O–H groups in total. The molecule has 1 heterocycles. The molecule has 0 unspecified atom stereocenters. The van der Waals surface area contributed by atoms with E-state index in [9.17, 15) is 4.79 Å². The van der Waals surface area contributed by atoms with Crippen LogP contribution in [0.3, 0.4) is 0 Å². The van der Waals surface area contributed by atoms with Gasteiger partial charge in [-0.25, -0.2) is 0 Å². The Labute approximate surface area is 163 Å². The predicted octanol–water partition coefficient (Wildman–Crippen LogP) is 4.86. The Kier molecular flexibility index (Phi) is 7.32. The molecule has 0 saturated heterocycles. The van der Waals surface area contributed by atoms with Crippen molar-refractivity contribution in [3.63, 3.8) is 0 Å². The van der Waals surface area contributed by atoms with Crippen LogP contribution in [0.25, 0.3) is 0 Å². The molecule has 0 bridgehead atoms. The van der Waals surface area contributed by atoms with Gasteiger partial charge in [-0.3, -0.25) is 4.79 Å². The second-order valence-electron chi connectivity index (χ2n) is 7.38. The average molecular weight is 366 g/mol. The molecular weight excluding hydrogens is 334 g/mol. The van der Waals surface area contributed by atoms with Crippen molar-refractivity contribution in [2.45, 2.75) is 64.4 Å². The van der Waals surface area contributed by atoms with Crippen molar-refractivity contribution in [1.29, 1.82) is 0 Å². The normalized spacial score (nSPS) is 15.2. The zero-order chi connectivity index (χ0) is 18.9. The lowest BCUT2D eigenvalue weighted by Gasteiger charge is -2.10. The number of nitrogens with one attached hydrogen (secondary N) is 1. The van der Waals surface area contributed by atoms with Gasteiger partial charge in [-0.05, 0) is 55.7 Å². The maximum Gasteiger partial charge on any atom is 0.219 e. The molecule has 0 radical (unpaired) electrons. The minimum Gasteiger partial charge on any atom is -0.490 e. The predicted molar refractivity (Wildman–Crippen MR) is 110 cm³/mol. The van der Waals surface area contributed by atoms with E-state index < -0.39 is 0 Å². The van der Waals surface area contributed by atoms with Crippen LogP contribution in [0, 0.1) is 0 Å². The number of fused-ring (bicyclic) bond motifs is 1. The second-order valence-corrected chi connectivity index (χ2v) is 7.38. The standard InChI is InChI=1S/C24H31NO2/c1-2-24(26)25-17-9-14-20-13-8-16-23-22(20)18-21(27-23)15-7-6-12-19-10-4-3-5-11-19/h3-5,8,10-11,13,16,21H,2,6-7,9,12,14-15,17-18H2,1H3,(H,25,26)/t21-/m1/s1.